The zero-order valence-electron chi connectivity index (χ0n) is 9.17. The van der Waals surface area contributed by atoms with E-state index < -0.39 is 0 Å². The van der Waals surface area contributed by atoms with Gasteiger partial charge in [0.2, 0.25) is 5.91 Å². The molecule has 2 unspecified atom stereocenters. The molecule has 1 rings (SSSR count). The van der Waals surface area contributed by atoms with Crippen molar-refractivity contribution in [3.05, 3.63) is 0 Å². The van der Waals surface area contributed by atoms with Crippen LogP contribution in [0.3, 0.4) is 0 Å². The number of rotatable bonds is 3. The Kier molecular flexibility index (Phi) is 3.67. The number of nitrogens with one attached hydrogen (secondary N) is 1. The quantitative estimate of drug-likeness (QED) is 0.745. The van der Waals surface area contributed by atoms with E-state index in [1.54, 1.807) is 6.92 Å². The summed E-state index contributed by atoms with van der Waals surface area (Å²) in [6, 6.07) is 0.221. The molecule has 3 heteroatoms. The second-order valence-corrected chi connectivity index (χ2v) is 4.48. The predicted molar refractivity (Wildman–Crippen MR) is 54.8 cm³/mol. The summed E-state index contributed by atoms with van der Waals surface area (Å²) < 4.78 is 0. The number of ketones is 1. The van der Waals surface area contributed by atoms with E-state index in [1.165, 1.54) is 0 Å². The van der Waals surface area contributed by atoms with Crippen LogP contribution in [0.5, 0.6) is 0 Å². The number of Topliss-reactive ketones (excluding diaryl/α,β-unsaturated/α-hetero) is 1. The van der Waals surface area contributed by atoms with Crippen molar-refractivity contribution in [1.29, 1.82) is 0 Å². The van der Waals surface area contributed by atoms with E-state index in [-0.39, 0.29) is 29.6 Å². The van der Waals surface area contributed by atoms with E-state index in [9.17, 15) is 9.59 Å². The summed E-state index contributed by atoms with van der Waals surface area (Å²) in [5.74, 6) is 0.560. The fourth-order valence-corrected chi connectivity index (χ4v) is 1.85. The van der Waals surface area contributed by atoms with Gasteiger partial charge in [-0.15, -0.1) is 0 Å². The Morgan fingerprint density at radius 1 is 1.29 bits per heavy atom. The first-order valence-corrected chi connectivity index (χ1v) is 5.31. The van der Waals surface area contributed by atoms with Crippen LogP contribution >= 0.6 is 0 Å². The fraction of sp³-hybridized carbons (Fsp3) is 0.818. The van der Waals surface area contributed by atoms with Crippen LogP contribution in [0.4, 0.5) is 0 Å². The lowest BCUT2D eigenvalue weighted by Crippen LogP contribution is -2.36. The van der Waals surface area contributed by atoms with Crippen molar-refractivity contribution in [1.82, 2.24) is 5.32 Å². The molecule has 0 aliphatic heterocycles. The van der Waals surface area contributed by atoms with Crippen molar-refractivity contribution in [2.45, 2.75) is 46.1 Å². The number of hydrogen-bond acceptors (Lipinski definition) is 2. The molecule has 1 saturated carbocycles. The second kappa shape index (κ2) is 4.58. The maximum absolute atomic E-state index is 11.4. The van der Waals surface area contributed by atoms with Crippen molar-refractivity contribution >= 4 is 11.7 Å². The van der Waals surface area contributed by atoms with Crippen molar-refractivity contribution < 1.29 is 9.59 Å². The van der Waals surface area contributed by atoms with Crippen LogP contribution in [-0.4, -0.2) is 17.7 Å². The molecule has 80 valence electrons. The lowest BCUT2D eigenvalue weighted by atomic mass is 10.0. The van der Waals surface area contributed by atoms with E-state index in [0.29, 0.717) is 0 Å². The summed E-state index contributed by atoms with van der Waals surface area (Å²) in [5.41, 5.74) is 0. The van der Waals surface area contributed by atoms with Gasteiger partial charge in [0, 0.05) is 17.9 Å². The topological polar surface area (TPSA) is 46.2 Å². The SMILES string of the molecule is CC(=O)C1CCC(NC(=O)C(C)C)C1. The third kappa shape index (κ3) is 2.82. The molecule has 1 aliphatic carbocycles. The van der Waals surface area contributed by atoms with E-state index in [1.807, 2.05) is 13.8 Å². The van der Waals surface area contributed by atoms with Crippen molar-refractivity contribution in [2.75, 3.05) is 0 Å². The largest absolute Gasteiger partial charge is 0.353 e. The number of carbonyl (C=O) groups is 2. The van der Waals surface area contributed by atoms with Gasteiger partial charge in [0.1, 0.15) is 5.78 Å². The third-order valence-corrected chi connectivity index (χ3v) is 2.88. The summed E-state index contributed by atoms with van der Waals surface area (Å²) >= 11 is 0. The van der Waals surface area contributed by atoms with Crippen molar-refractivity contribution in [3.63, 3.8) is 0 Å². The molecule has 0 aromatic carbocycles. The Bertz CT molecular complexity index is 235. The van der Waals surface area contributed by atoms with E-state index in [4.69, 9.17) is 0 Å². The molecule has 0 saturated heterocycles. The Labute approximate surface area is 85.3 Å². The molecule has 1 aliphatic rings. The van der Waals surface area contributed by atoms with Gasteiger partial charge < -0.3 is 5.32 Å². The molecule has 1 N–H and O–H groups in total. The van der Waals surface area contributed by atoms with E-state index in [0.717, 1.165) is 19.3 Å². The van der Waals surface area contributed by atoms with Crippen LogP contribution in [-0.2, 0) is 9.59 Å². The zero-order chi connectivity index (χ0) is 10.7. The highest BCUT2D eigenvalue weighted by Crippen LogP contribution is 2.26. The van der Waals surface area contributed by atoms with Crippen LogP contribution in [0.15, 0.2) is 0 Å². The predicted octanol–water partition coefficient (Wildman–Crippen LogP) is 1.52. The highest BCUT2D eigenvalue weighted by Gasteiger charge is 2.28. The Morgan fingerprint density at radius 2 is 1.93 bits per heavy atom. The Balaban J connectivity index is 2.36. The van der Waals surface area contributed by atoms with Gasteiger partial charge in [0.15, 0.2) is 0 Å². The van der Waals surface area contributed by atoms with Crippen LogP contribution in [0, 0.1) is 11.8 Å². The Hall–Kier alpha value is -0.860. The lowest BCUT2D eigenvalue weighted by Gasteiger charge is -2.14. The first-order chi connectivity index (χ1) is 6.50. The average molecular weight is 197 g/mol. The lowest BCUT2D eigenvalue weighted by molar-refractivity contribution is -0.125. The number of amides is 1. The van der Waals surface area contributed by atoms with Crippen LogP contribution in [0.2, 0.25) is 0 Å². The summed E-state index contributed by atoms with van der Waals surface area (Å²) in [5, 5.41) is 2.97. The van der Waals surface area contributed by atoms with E-state index >= 15 is 0 Å². The molecule has 0 aromatic heterocycles. The minimum Gasteiger partial charge on any atom is -0.353 e. The minimum absolute atomic E-state index is 0.0337. The van der Waals surface area contributed by atoms with Gasteiger partial charge in [0.25, 0.3) is 0 Å². The normalized spacial score (nSPS) is 26.6. The summed E-state index contributed by atoms with van der Waals surface area (Å²) in [6.07, 6.45) is 2.70. The molecule has 1 amide bonds. The monoisotopic (exact) mass is 197 g/mol. The van der Waals surface area contributed by atoms with Crippen LogP contribution < -0.4 is 5.32 Å². The summed E-state index contributed by atoms with van der Waals surface area (Å²) in [4.78, 5) is 22.5. The van der Waals surface area contributed by atoms with Gasteiger partial charge in [-0.3, -0.25) is 9.59 Å². The molecule has 0 heterocycles. The molecule has 14 heavy (non-hydrogen) atoms. The third-order valence-electron chi connectivity index (χ3n) is 2.88. The van der Waals surface area contributed by atoms with Gasteiger partial charge >= 0.3 is 0 Å². The first kappa shape index (κ1) is 11.2. The highest BCUT2D eigenvalue weighted by atomic mass is 16.2. The van der Waals surface area contributed by atoms with Gasteiger partial charge in [0.05, 0.1) is 0 Å². The summed E-state index contributed by atoms with van der Waals surface area (Å²) in [6.45, 7) is 5.40. The van der Waals surface area contributed by atoms with Crippen LogP contribution in [0.25, 0.3) is 0 Å². The number of carbonyl (C=O) groups excluding carboxylic acids is 2. The molecule has 0 aromatic rings. The van der Waals surface area contributed by atoms with Gasteiger partial charge in [-0.1, -0.05) is 13.8 Å². The molecule has 0 spiro atoms. The highest BCUT2D eigenvalue weighted by molar-refractivity contribution is 5.80. The molecular formula is C11H19NO2. The molecular weight excluding hydrogens is 178 g/mol. The summed E-state index contributed by atoms with van der Waals surface area (Å²) in [7, 11) is 0. The van der Waals surface area contributed by atoms with Crippen LogP contribution in [0.1, 0.15) is 40.0 Å². The fourth-order valence-electron chi connectivity index (χ4n) is 1.85. The van der Waals surface area contributed by atoms with Gasteiger partial charge in [-0.05, 0) is 26.2 Å². The number of hydrogen-bond donors (Lipinski definition) is 1. The zero-order valence-corrected chi connectivity index (χ0v) is 9.17. The van der Waals surface area contributed by atoms with Crippen molar-refractivity contribution in [2.24, 2.45) is 11.8 Å². The van der Waals surface area contributed by atoms with Crippen molar-refractivity contribution in [3.8, 4) is 0 Å². The van der Waals surface area contributed by atoms with Gasteiger partial charge in [-0.2, -0.15) is 0 Å². The molecule has 0 radical (unpaired) electrons. The van der Waals surface area contributed by atoms with E-state index in [2.05, 4.69) is 5.32 Å². The maximum atomic E-state index is 11.4. The Morgan fingerprint density at radius 3 is 2.36 bits per heavy atom. The molecule has 2 atom stereocenters. The minimum atomic E-state index is 0.0337. The van der Waals surface area contributed by atoms with Gasteiger partial charge in [-0.25, -0.2) is 0 Å². The first-order valence-electron chi connectivity index (χ1n) is 5.31. The average Bonchev–Trinajstić information content (AvgIpc) is 2.52. The second-order valence-electron chi connectivity index (χ2n) is 4.48. The molecule has 1 fully saturated rings. The molecule has 3 nitrogen and oxygen atoms in total. The smallest absolute Gasteiger partial charge is 0.222 e. The maximum Gasteiger partial charge on any atom is 0.222 e. The molecule has 0 bridgehead atoms. The standard InChI is InChI=1S/C11H19NO2/c1-7(2)11(14)12-10-5-4-9(6-10)8(3)13/h7,9-10H,4-6H2,1-3H3,(H,12,14).